The van der Waals surface area contributed by atoms with Gasteiger partial charge in [0.1, 0.15) is 0 Å². The molecule has 0 heterocycles. The van der Waals surface area contributed by atoms with Gasteiger partial charge in [0.05, 0.1) is 15.5 Å². The van der Waals surface area contributed by atoms with Crippen LogP contribution in [0.4, 0.5) is 18.9 Å². The van der Waals surface area contributed by atoms with Gasteiger partial charge in [-0.3, -0.25) is 9.52 Å². The van der Waals surface area contributed by atoms with Crippen molar-refractivity contribution in [3.8, 4) is 0 Å². The summed E-state index contributed by atoms with van der Waals surface area (Å²) in [4.78, 5) is 10.6. The summed E-state index contributed by atoms with van der Waals surface area (Å²) in [6.07, 6.45) is -4.77. The van der Waals surface area contributed by atoms with E-state index < -0.39 is 31.7 Å². The maximum Gasteiger partial charge on any atom is 0.417 e. The molecule has 128 valence electrons. The number of nitrogens with one attached hydrogen (secondary N) is 1. The molecule has 4 nitrogen and oxygen atoms in total. The third-order valence-corrected chi connectivity index (χ3v) is 4.81. The van der Waals surface area contributed by atoms with E-state index in [0.717, 1.165) is 12.1 Å². The molecule has 0 amide bonds. The molecule has 0 spiro atoms. The number of benzene rings is 2. The summed E-state index contributed by atoms with van der Waals surface area (Å²) in [6, 6.07) is 7.81. The van der Waals surface area contributed by atoms with Crippen molar-refractivity contribution in [2.75, 3.05) is 4.72 Å². The van der Waals surface area contributed by atoms with Crippen LogP contribution >= 0.6 is 11.6 Å². The SMILES string of the molecule is CC(=O)c1ccc(NS(=O)(=O)c2ccc(Cl)c(C(F)(F)F)c2)cc1. The molecular weight excluding hydrogens is 367 g/mol. The highest BCUT2D eigenvalue weighted by Crippen LogP contribution is 2.36. The molecule has 2 aromatic rings. The minimum atomic E-state index is -4.77. The van der Waals surface area contributed by atoms with Gasteiger partial charge in [-0.1, -0.05) is 11.6 Å². The number of anilines is 1. The monoisotopic (exact) mass is 377 g/mol. The number of alkyl halides is 3. The van der Waals surface area contributed by atoms with Crippen LogP contribution in [0.15, 0.2) is 47.4 Å². The molecule has 0 bridgehead atoms. The quantitative estimate of drug-likeness (QED) is 0.805. The van der Waals surface area contributed by atoms with Gasteiger partial charge in [-0.25, -0.2) is 8.42 Å². The van der Waals surface area contributed by atoms with Gasteiger partial charge in [0.25, 0.3) is 10.0 Å². The Bertz CT molecular complexity index is 878. The molecule has 0 aromatic heterocycles. The average Bonchev–Trinajstić information content (AvgIpc) is 2.46. The highest BCUT2D eigenvalue weighted by molar-refractivity contribution is 7.92. The molecule has 0 radical (unpaired) electrons. The molecule has 0 unspecified atom stereocenters. The van der Waals surface area contributed by atoms with Crippen molar-refractivity contribution in [3.05, 3.63) is 58.6 Å². The predicted molar refractivity (Wildman–Crippen MR) is 83.7 cm³/mol. The fourth-order valence-corrected chi connectivity index (χ4v) is 3.18. The Morgan fingerprint density at radius 3 is 2.17 bits per heavy atom. The molecule has 0 saturated carbocycles. The first-order chi connectivity index (χ1) is 11.0. The maximum absolute atomic E-state index is 12.8. The summed E-state index contributed by atoms with van der Waals surface area (Å²) >= 11 is 5.47. The summed E-state index contributed by atoms with van der Waals surface area (Å²) < 4.78 is 65.1. The lowest BCUT2D eigenvalue weighted by molar-refractivity contribution is -0.137. The number of halogens is 4. The van der Waals surface area contributed by atoms with Crippen molar-refractivity contribution < 1.29 is 26.4 Å². The minimum absolute atomic E-state index is 0.114. The Kier molecular flexibility index (Phi) is 4.91. The van der Waals surface area contributed by atoms with Crippen molar-refractivity contribution in [1.82, 2.24) is 0 Å². The Hall–Kier alpha value is -2.06. The van der Waals surface area contributed by atoms with Crippen LogP contribution in [0.3, 0.4) is 0 Å². The molecule has 0 aliphatic rings. The summed E-state index contributed by atoms with van der Waals surface area (Å²) in [7, 11) is -4.24. The number of rotatable bonds is 4. The van der Waals surface area contributed by atoms with Crippen LogP contribution in [-0.2, 0) is 16.2 Å². The third-order valence-electron chi connectivity index (χ3n) is 3.10. The van der Waals surface area contributed by atoms with Crippen LogP contribution in [0.2, 0.25) is 5.02 Å². The lowest BCUT2D eigenvalue weighted by Crippen LogP contribution is -2.15. The van der Waals surface area contributed by atoms with Crippen molar-refractivity contribution >= 4 is 33.1 Å². The van der Waals surface area contributed by atoms with Gasteiger partial charge < -0.3 is 0 Å². The maximum atomic E-state index is 12.8. The molecule has 9 heteroatoms. The van der Waals surface area contributed by atoms with Crippen LogP contribution in [-0.4, -0.2) is 14.2 Å². The van der Waals surface area contributed by atoms with E-state index in [2.05, 4.69) is 4.72 Å². The predicted octanol–water partition coefficient (Wildman–Crippen LogP) is 4.36. The minimum Gasteiger partial charge on any atom is -0.295 e. The van der Waals surface area contributed by atoms with E-state index in [0.29, 0.717) is 11.6 Å². The van der Waals surface area contributed by atoms with E-state index in [4.69, 9.17) is 11.6 Å². The van der Waals surface area contributed by atoms with Crippen LogP contribution in [0.25, 0.3) is 0 Å². The van der Waals surface area contributed by atoms with Gasteiger partial charge in [-0.2, -0.15) is 13.2 Å². The van der Waals surface area contributed by atoms with Crippen molar-refractivity contribution in [1.29, 1.82) is 0 Å². The summed E-state index contributed by atoms with van der Waals surface area (Å²) in [5.74, 6) is -0.197. The average molecular weight is 378 g/mol. The number of Topliss-reactive ketones (excluding diaryl/α,β-unsaturated/α-hetero) is 1. The van der Waals surface area contributed by atoms with Crippen LogP contribution in [0.1, 0.15) is 22.8 Å². The number of ketones is 1. The van der Waals surface area contributed by atoms with Crippen LogP contribution in [0, 0.1) is 0 Å². The molecule has 0 saturated heterocycles. The van der Waals surface area contributed by atoms with E-state index in [-0.39, 0.29) is 11.5 Å². The zero-order valence-electron chi connectivity index (χ0n) is 12.2. The summed E-state index contributed by atoms with van der Waals surface area (Å²) in [6.45, 7) is 1.35. The normalized spacial score (nSPS) is 12.0. The molecular formula is C15H11ClF3NO3S. The van der Waals surface area contributed by atoms with Gasteiger partial charge >= 0.3 is 6.18 Å². The first kappa shape index (κ1) is 18.3. The van der Waals surface area contributed by atoms with E-state index in [9.17, 15) is 26.4 Å². The third kappa shape index (κ3) is 4.07. The van der Waals surface area contributed by atoms with E-state index in [1.807, 2.05) is 0 Å². The highest BCUT2D eigenvalue weighted by Gasteiger charge is 2.34. The Labute approximate surface area is 141 Å². The lowest BCUT2D eigenvalue weighted by atomic mass is 10.1. The molecule has 0 atom stereocenters. The number of sulfonamides is 1. The molecule has 1 N–H and O–H groups in total. The Morgan fingerprint density at radius 1 is 1.08 bits per heavy atom. The largest absolute Gasteiger partial charge is 0.417 e. The Balaban J connectivity index is 2.35. The number of hydrogen-bond donors (Lipinski definition) is 1. The lowest BCUT2D eigenvalue weighted by Gasteiger charge is -2.12. The van der Waals surface area contributed by atoms with Crippen molar-refractivity contribution in [2.24, 2.45) is 0 Å². The van der Waals surface area contributed by atoms with Gasteiger partial charge in [-0.05, 0) is 49.4 Å². The molecule has 0 aliphatic heterocycles. The molecule has 2 aromatic carbocycles. The topological polar surface area (TPSA) is 63.2 Å². The van der Waals surface area contributed by atoms with E-state index in [1.54, 1.807) is 0 Å². The first-order valence-electron chi connectivity index (χ1n) is 6.51. The Morgan fingerprint density at radius 2 is 1.67 bits per heavy atom. The van der Waals surface area contributed by atoms with Crippen molar-refractivity contribution in [3.63, 3.8) is 0 Å². The van der Waals surface area contributed by atoms with Gasteiger partial charge in [0.15, 0.2) is 5.78 Å². The molecule has 2 rings (SSSR count). The summed E-state index contributed by atoms with van der Waals surface area (Å²) in [5, 5.41) is -0.590. The van der Waals surface area contributed by atoms with E-state index in [1.165, 1.54) is 31.2 Å². The fraction of sp³-hybridized carbons (Fsp3) is 0.133. The standard InChI is InChI=1S/C15H11ClF3NO3S/c1-9(21)10-2-4-11(5-3-10)20-24(22,23)12-6-7-14(16)13(8-12)15(17,18)19/h2-8,20H,1H3. The zero-order chi connectivity index (χ0) is 18.1. The smallest absolute Gasteiger partial charge is 0.295 e. The van der Waals surface area contributed by atoms with Crippen molar-refractivity contribution in [2.45, 2.75) is 18.0 Å². The number of carbonyl (C=O) groups excluding carboxylic acids is 1. The second-order valence-electron chi connectivity index (χ2n) is 4.88. The highest BCUT2D eigenvalue weighted by atomic mass is 35.5. The zero-order valence-corrected chi connectivity index (χ0v) is 13.8. The fourth-order valence-electron chi connectivity index (χ4n) is 1.88. The number of hydrogen-bond acceptors (Lipinski definition) is 3. The van der Waals surface area contributed by atoms with Crippen LogP contribution < -0.4 is 4.72 Å². The molecule has 0 fully saturated rings. The molecule has 0 aliphatic carbocycles. The second-order valence-corrected chi connectivity index (χ2v) is 6.97. The number of carbonyl (C=O) groups is 1. The molecule has 24 heavy (non-hydrogen) atoms. The summed E-state index contributed by atoms with van der Waals surface area (Å²) in [5.41, 5.74) is -0.744. The van der Waals surface area contributed by atoms with E-state index >= 15 is 0 Å². The van der Waals surface area contributed by atoms with Gasteiger partial charge in [-0.15, -0.1) is 0 Å². The second kappa shape index (κ2) is 6.45. The van der Waals surface area contributed by atoms with Crippen LogP contribution in [0.5, 0.6) is 0 Å². The first-order valence-corrected chi connectivity index (χ1v) is 8.37. The van der Waals surface area contributed by atoms with Gasteiger partial charge in [0, 0.05) is 11.3 Å². The van der Waals surface area contributed by atoms with Gasteiger partial charge in [0.2, 0.25) is 0 Å².